The Labute approximate surface area is 194 Å². The van der Waals surface area contributed by atoms with Crippen LogP contribution in [0.2, 0.25) is 5.02 Å². The van der Waals surface area contributed by atoms with Gasteiger partial charge in [0.25, 0.3) is 15.9 Å². The standard InChI is InChI=1S/C22H18ClN3O4S2/c1-13-21(27)25-18-11-14(7-9-19(18)31-13)22(28)24-16-8-10-20(17(23)12-16)32(29,30)26-15-5-3-2-4-6-15/h2-13,26H,1H3,(H,24,28)(H,25,27). The molecule has 1 aliphatic heterocycles. The van der Waals surface area contributed by atoms with Crippen LogP contribution in [-0.4, -0.2) is 25.5 Å². The molecular weight excluding hydrogens is 470 g/mol. The SMILES string of the molecule is CC1Sc2ccc(C(=O)Nc3ccc(S(=O)(=O)Nc4ccccc4)c(Cl)c3)cc2NC1=O. The molecule has 1 aliphatic rings. The Kier molecular flexibility index (Phi) is 6.14. The Hall–Kier alpha value is -3.01. The Balaban J connectivity index is 1.51. The van der Waals surface area contributed by atoms with Crippen molar-refractivity contribution in [3.05, 3.63) is 77.3 Å². The third kappa shape index (κ3) is 4.74. The molecular formula is C22H18ClN3O4S2. The van der Waals surface area contributed by atoms with Gasteiger partial charge >= 0.3 is 0 Å². The number of hydrogen-bond acceptors (Lipinski definition) is 5. The lowest BCUT2D eigenvalue weighted by atomic mass is 10.1. The van der Waals surface area contributed by atoms with Crippen molar-refractivity contribution in [2.24, 2.45) is 0 Å². The maximum Gasteiger partial charge on any atom is 0.263 e. The van der Waals surface area contributed by atoms with Crippen LogP contribution in [0.4, 0.5) is 17.1 Å². The van der Waals surface area contributed by atoms with Gasteiger partial charge in [-0.3, -0.25) is 14.3 Å². The van der Waals surface area contributed by atoms with Crippen molar-refractivity contribution in [3.63, 3.8) is 0 Å². The normalized spacial score (nSPS) is 15.4. The van der Waals surface area contributed by atoms with E-state index in [1.807, 2.05) is 6.92 Å². The molecule has 164 valence electrons. The summed E-state index contributed by atoms with van der Waals surface area (Å²) in [5.41, 5.74) is 1.67. The third-order valence-corrected chi connectivity index (χ3v) is 7.72. The highest BCUT2D eigenvalue weighted by molar-refractivity contribution is 8.01. The van der Waals surface area contributed by atoms with Gasteiger partial charge in [-0.2, -0.15) is 0 Å². The van der Waals surface area contributed by atoms with Gasteiger partial charge in [0.2, 0.25) is 5.91 Å². The van der Waals surface area contributed by atoms with Crippen molar-refractivity contribution in [2.45, 2.75) is 22.0 Å². The third-order valence-electron chi connectivity index (χ3n) is 4.68. The molecule has 0 aromatic heterocycles. The first-order valence-corrected chi connectivity index (χ1v) is 12.3. The van der Waals surface area contributed by atoms with Crippen LogP contribution in [0, 0.1) is 0 Å². The van der Waals surface area contributed by atoms with Gasteiger partial charge in [-0.05, 0) is 55.5 Å². The number of sulfonamides is 1. The lowest BCUT2D eigenvalue weighted by Crippen LogP contribution is -2.26. The van der Waals surface area contributed by atoms with E-state index in [1.165, 1.54) is 30.0 Å². The molecule has 3 aromatic rings. The van der Waals surface area contributed by atoms with Crippen molar-refractivity contribution in [3.8, 4) is 0 Å². The van der Waals surface area contributed by atoms with Crippen LogP contribution in [-0.2, 0) is 14.8 Å². The molecule has 0 saturated heterocycles. The van der Waals surface area contributed by atoms with Crippen LogP contribution < -0.4 is 15.4 Å². The minimum Gasteiger partial charge on any atom is -0.324 e. The maximum absolute atomic E-state index is 12.7. The molecule has 0 aliphatic carbocycles. The number of para-hydroxylation sites is 1. The summed E-state index contributed by atoms with van der Waals surface area (Å²) in [6, 6.07) is 17.7. The number of hydrogen-bond donors (Lipinski definition) is 3. The van der Waals surface area contributed by atoms with Crippen LogP contribution in [0.3, 0.4) is 0 Å². The van der Waals surface area contributed by atoms with Gasteiger partial charge in [0, 0.05) is 21.8 Å². The zero-order valence-electron chi connectivity index (χ0n) is 16.8. The predicted octanol–water partition coefficient (Wildman–Crippen LogP) is 4.83. The fourth-order valence-electron chi connectivity index (χ4n) is 3.07. The number of carbonyl (C=O) groups is 2. The molecule has 2 amide bonds. The summed E-state index contributed by atoms with van der Waals surface area (Å²) < 4.78 is 27.7. The first-order valence-electron chi connectivity index (χ1n) is 9.53. The van der Waals surface area contributed by atoms with Gasteiger partial charge in [0.15, 0.2) is 0 Å². The highest BCUT2D eigenvalue weighted by Gasteiger charge is 2.24. The highest BCUT2D eigenvalue weighted by atomic mass is 35.5. The van der Waals surface area contributed by atoms with Crippen molar-refractivity contribution in [1.29, 1.82) is 0 Å². The van der Waals surface area contributed by atoms with E-state index in [2.05, 4.69) is 15.4 Å². The summed E-state index contributed by atoms with van der Waals surface area (Å²) in [4.78, 5) is 25.3. The number of carbonyl (C=O) groups excluding carboxylic acids is 2. The van der Waals surface area contributed by atoms with Gasteiger partial charge in [0.05, 0.1) is 16.0 Å². The molecule has 3 N–H and O–H groups in total. The molecule has 0 spiro atoms. The Morgan fingerprint density at radius 3 is 2.50 bits per heavy atom. The molecule has 1 heterocycles. The first-order chi connectivity index (χ1) is 15.2. The van der Waals surface area contributed by atoms with E-state index in [4.69, 9.17) is 11.6 Å². The van der Waals surface area contributed by atoms with Crippen molar-refractivity contribution < 1.29 is 18.0 Å². The summed E-state index contributed by atoms with van der Waals surface area (Å²) in [6.45, 7) is 1.81. The number of rotatable bonds is 5. The summed E-state index contributed by atoms with van der Waals surface area (Å²) in [5.74, 6) is -0.535. The summed E-state index contributed by atoms with van der Waals surface area (Å²) in [7, 11) is -3.90. The smallest absolute Gasteiger partial charge is 0.263 e. The van der Waals surface area contributed by atoms with Crippen LogP contribution in [0.15, 0.2) is 76.5 Å². The number of halogens is 1. The van der Waals surface area contributed by atoms with E-state index in [0.717, 1.165) is 4.90 Å². The van der Waals surface area contributed by atoms with Crippen molar-refractivity contribution in [2.75, 3.05) is 15.4 Å². The number of benzene rings is 3. The lowest BCUT2D eigenvalue weighted by molar-refractivity contribution is -0.115. The van der Waals surface area contributed by atoms with E-state index in [9.17, 15) is 18.0 Å². The number of nitrogens with one attached hydrogen (secondary N) is 3. The molecule has 4 rings (SSSR count). The Bertz CT molecular complexity index is 1310. The molecule has 0 radical (unpaired) electrons. The molecule has 32 heavy (non-hydrogen) atoms. The lowest BCUT2D eigenvalue weighted by Gasteiger charge is -2.21. The quantitative estimate of drug-likeness (QED) is 0.478. The van der Waals surface area contributed by atoms with Crippen LogP contribution in [0.5, 0.6) is 0 Å². The van der Waals surface area contributed by atoms with Crippen LogP contribution >= 0.6 is 23.4 Å². The second-order valence-corrected chi connectivity index (χ2v) is 10.5. The molecule has 0 fully saturated rings. The first kappa shape index (κ1) is 22.2. The number of amides is 2. The van der Waals surface area contributed by atoms with Crippen LogP contribution in [0.25, 0.3) is 0 Å². The van der Waals surface area contributed by atoms with Crippen molar-refractivity contribution in [1.82, 2.24) is 0 Å². The summed E-state index contributed by atoms with van der Waals surface area (Å²) in [5, 5.41) is 5.25. The summed E-state index contributed by atoms with van der Waals surface area (Å²) in [6.07, 6.45) is 0. The fourth-order valence-corrected chi connectivity index (χ4v) is 5.60. The van der Waals surface area contributed by atoms with Crippen LogP contribution in [0.1, 0.15) is 17.3 Å². The number of fused-ring (bicyclic) bond motifs is 1. The molecule has 1 unspecified atom stereocenters. The zero-order valence-corrected chi connectivity index (χ0v) is 19.1. The van der Waals surface area contributed by atoms with E-state index < -0.39 is 15.9 Å². The molecule has 0 saturated carbocycles. The summed E-state index contributed by atoms with van der Waals surface area (Å²) >= 11 is 7.64. The molecule has 1 atom stereocenters. The maximum atomic E-state index is 12.7. The minimum absolute atomic E-state index is 0.0330. The number of thioether (sulfide) groups is 1. The fraction of sp³-hybridized carbons (Fsp3) is 0.0909. The van der Waals surface area contributed by atoms with Gasteiger partial charge in [-0.15, -0.1) is 11.8 Å². The monoisotopic (exact) mass is 487 g/mol. The largest absolute Gasteiger partial charge is 0.324 e. The molecule has 7 nitrogen and oxygen atoms in total. The molecule has 0 bridgehead atoms. The number of anilines is 3. The topological polar surface area (TPSA) is 104 Å². The van der Waals surface area contributed by atoms with E-state index >= 15 is 0 Å². The zero-order chi connectivity index (χ0) is 22.9. The average Bonchev–Trinajstić information content (AvgIpc) is 2.74. The van der Waals surface area contributed by atoms with Gasteiger partial charge in [0.1, 0.15) is 4.90 Å². The second kappa shape index (κ2) is 8.85. The van der Waals surface area contributed by atoms with Gasteiger partial charge < -0.3 is 10.6 Å². The Morgan fingerprint density at radius 2 is 1.78 bits per heavy atom. The minimum atomic E-state index is -3.90. The van der Waals surface area contributed by atoms with Gasteiger partial charge in [-0.1, -0.05) is 29.8 Å². The average molecular weight is 488 g/mol. The predicted molar refractivity (Wildman–Crippen MR) is 127 cm³/mol. The van der Waals surface area contributed by atoms with Gasteiger partial charge in [-0.25, -0.2) is 8.42 Å². The van der Waals surface area contributed by atoms with E-state index in [-0.39, 0.29) is 21.1 Å². The van der Waals surface area contributed by atoms with E-state index in [1.54, 1.807) is 48.5 Å². The second-order valence-electron chi connectivity index (χ2n) is 7.03. The van der Waals surface area contributed by atoms with E-state index in [0.29, 0.717) is 22.6 Å². The Morgan fingerprint density at radius 1 is 1.03 bits per heavy atom. The molecule has 3 aromatic carbocycles. The highest BCUT2D eigenvalue weighted by Crippen LogP contribution is 2.36. The van der Waals surface area contributed by atoms with Crippen molar-refractivity contribution >= 4 is 62.3 Å². The molecule has 10 heteroatoms.